The Labute approximate surface area is 145 Å². The summed E-state index contributed by atoms with van der Waals surface area (Å²) < 4.78 is 5.64. The van der Waals surface area contributed by atoms with Gasteiger partial charge in [0.2, 0.25) is 0 Å². The fourth-order valence-electron chi connectivity index (χ4n) is 3.52. The monoisotopic (exact) mass is 319 g/mol. The van der Waals surface area contributed by atoms with Gasteiger partial charge in [-0.1, -0.05) is 56.5 Å². The summed E-state index contributed by atoms with van der Waals surface area (Å²) in [5.41, 5.74) is 4.30. The van der Waals surface area contributed by atoms with Gasteiger partial charge in [-0.25, -0.2) is 0 Å². The lowest BCUT2D eigenvalue weighted by atomic mass is 9.83. The third-order valence-electron chi connectivity index (χ3n) is 4.88. The third kappa shape index (κ3) is 3.79. The maximum atomic E-state index is 9.37. The van der Waals surface area contributed by atoms with Crippen molar-refractivity contribution < 1.29 is 4.74 Å². The van der Waals surface area contributed by atoms with Gasteiger partial charge < -0.3 is 4.74 Å². The Morgan fingerprint density at radius 1 is 1.00 bits per heavy atom. The quantitative estimate of drug-likeness (QED) is 0.671. The molecule has 1 aliphatic carbocycles. The molecule has 0 bridgehead atoms. The van der Waals surface area contributed by atoms with Gasteiger partial charge in [0.15, 0.2) is 0 Å². The van der Waals surface area contributed by atoms with E-state index in [4.69, 9.17) is 4.74 Å². The van der Waals surface area contributed by atoms with Crippen molar-refractivity contribution in [3.63, 3.8) is 0 Å². The highest BCUT2D eigenvalue weighted by atomic mass is 16.5. The second kappa shape index (κ2) is 8.02. The van der Waals surface area contributed by atoms with Gasteiger partial charge in [0, 0.05) is 0 Å². The van der Waals surface area contributed by atoms with Crippen molar-refractivity contribution >= 4 is 0 Å². The minimum Gasteiger partial charge on any atom is -0.492 e. The Morgan fingerprint density at radius 3 is 2.38 bits per heavy atom. The standard InChI is InChI=1S/C22H25NO/c1-2-14-24-22-13-12-20(15-21(22)16-23)19-10-8-18(9-11-19)17-6-4-3-5-7-17/h8-13,15,17H,2-7,14H2,1H3. The van der Waals surface area contributed by atoms with Crippen molar-refractivity contribution in [2.45, 2.75) is 51.4 Å². The van der Waals surface area contributed by atoms with Crippen LogP contribution in [-0.4, -0.2) is 6.61 Å². The van der Waals surface area contributed by atoms with Gasteiger partial charge in [-0.15, -0.1) is 0 Å². The zero-order valence-electron chi connectivity index (χ0n) is 14.4. The van der Waals surface area contributed by atoms with Gasteiger partial charge >= 0.3 is 0 Å². The summed E-state index contributed by atoms with van der Waals surface area (Å²) in [7, 11) is 0. The Balaban J connectivity index is 1.79. The number of benzene rings is 2. The van der Waals surface area contributed by atoms with E-state index in [9.17, 15) is 5.26 Å². The Bertz CT molecular complexity index is 706. The molecule has 0 radical (unpaired) electrons. The molecule has 0 spiro atoms. The molecule has 0 aliphatic heterocycles. The van der Waals surface area contributed by atoms with Gasteiger partial charge in [0.1, 0.15) is 11.8 Å². The number of rotatable bonds is 5. The fraction of sp³-hybridized carbons (Fsp3) is 0.409. The summed E-state index contributed by atoms with van der Waals surface area (Å²) in [4.78, 5) is 0. The number of nitrogens with zero attached hydrogens (tertiary/aromatic N) is 1. The summed E-state index contributed by atoms with van der Waals surface area (Å²) >= 11 is 0. The molecule has 0 aromatic heterocycles. The number of hydrogen-bond donors (Lipinski definition) is 0. The van der Waals surface area contributed by atoms with E-state index in [2.05, 4.69) is 37.3 Å². The summed E-state index contributed by atoms with van der Waals surface area (Å²) in [6, 6.07) is 17.0. The van der Waals surface area contributed by atoms with Gasteiger partial charge in [0.05, 0.1) is 12.2 Å². The first-order chi connectivity index (χ1) is 11.8. The third-order valence-corrected chi connectivity index (χ3v) is 4.88. The molecule has 0 atom stereocenters. The predicted molar refractivity (Wildman–Crippen MR) is 98.2 cm³/mol. The zero-order chi connectivity index (χ0) is 16.8. The van der Waals surface area contributed by atoms with Crippen LogP contribution in [0.4, 0.5) is 0 Å². The van der Waals surface area contributed by atoms with Gasteiger partial charge in [-0.05, 0) is 54.0 Å². The molecule has 1 saturated carbocycles. The molecule has 0 amide bonds. The summed E-state index contributed by atoms with van der Waals surface area (Å²) in [6.07, 6.45) is 7.68. The van der Waals surface area contributed by atoms with E-state index in [1.807, 2.05) is 18.2 Å². The molecule has 2 nitrogen and oxygen atoms in total. The van der Waals surface area contributed by atoms with Crippen LogP contribution in [0, 0.1) is 11.3 Å². The Morgan fingerprint density at radius 2 is 1.71 bits per heavy atom. The zero-order valence-corrected chi connectivity index (χ0v) is 14.4. The first-order valence-corrected chi connectivity index (χ1v) is 9.09. The molecule has 124 valence electrons. The van der Waals surface area contributed by atoms with Crippen LogP contribution in [0.25, 0.3) is 11.1 Å². The molecule has 2 aromatic rings. The van der Waals surface area contributed by atoms with Gasteiger partial charge in [-0.3, -0.25) is 0 Å². The van der Waals surface area contributed by atoms with Crippen LogP contribution >= 0.6 is 0 Å². The van der Waals surface area contributed by atoms with Crippen LogP contribution in [0.5, 0.6) is 5.75 Å². The van der Waals surface area contributed by atoms with Crippen LogP contribution in [-0.2, 0) is 0 Å². The lowest BCUT2D eigenvalue weighted by molar-refractivity contribution is 0.316. The van der Waals surface area contributed by atoms with Crippen LogP contribution < -0.4 is 4.74 Å². The molecular weight excluding hydrogens is 294 g/mol. The van der Waals surface area contributed by atoms with Gasteiger partial charge in [-0.2, -0.15) is 5.26 Å². The summed E-state index contributed by atoms with van der Waals surface area (Å²) in [5, 5.41) is 9.37. The first-order valence-electron chi connectivity index (χ1n) is 9.09. The minimum absolute atomic E-state index is 0.609. The molecular formula is C22H25NO. The minimum atomic E-state index is 0.609. The van der Waals surface area contributed by atoms with E-state index in [1.165, 1.54) is 37.7 Å². The summed E-state index contributed by atoms with van der Waals surface area (Å²) in [6.45, 7) is 2.71. The number of ether oxygens (including phenoxy) is 1. The molecule has 3 rings (SSSR count). The lowest BCUT2D eigenvalue weighted by Crippen LogP contribution is -2.04. The molecule has 1 aliphatic rings. The molecule has 24 heavy (non-hydrogen) atoms. The Kier molecular flexibility index (Phi) is 5.54. The van der Waals surface area contributed by atoms with Crippen molar-refractivity contribution in [1.82, 2.24) is 0 Å². The molecule has 0 N–H and O–H groups in total. The van der Waals surface area contributed by atoms with Crippen molar-refractivity contribution in [2.24, 2.45) is 0 Å². The molecule has 0 unspecified atom stereocenters. The van der Waals surface area contributed by atoms with Crippen LogP contribution in [0.15, 0.2) is 42.5 Å². The lowest BCUT2D eigenvalue weighted by Gasteiger charge is -2.22. The number of nitriles is 1. The SMILES string of the molecule is CCCOc1ccc(-c2ccc(C3CCCCC3)cc2)cc1C#N. The highest BCUT2D eigenvalue weighted by molar-refractivity contribution is 5.67. The van der Waals surface area contributed by atoms with Crippen LogP contribution in [0.2, 0.25) is 0 Å². The summed E-state index contributed by atoms with van der Waals surface area (Å²) in [5.74, 6) is 1.41. The molecule has 2 aromatic carbocycles. The smallest absolute Gasteiger partial charge is 0.137 e. The number of hydrogen-bond acceptors (Lipinski definition) is 2. The second-order valence-corrected chi connectivity index (χ2v) is 6.63. The average Bonchev–Trinajstić information content (AvgIpc) is 2.67. The van der Waals surface area contributed by atoms with E-state index >= 15 is 0 Å². The topological polar surface area (TPSA) is 33.0 Å². The molecule has 2 heteroatoms. The first kappa shape index (κ1) is 16.6. The van der Waals surface area contributed by atoms with Crippen LogP contribution in [0.3, 0.4) is 0 Å². The maximum absolute atomic E-state index is 9.37. The second-order valence-electron chi connectivity index (χ2n) is 6.63. The van der Waals surface area contributed by atoms with E-state index in [0.29, 0.717) is 17.9 Å². The van der Waals surface area contributed by atoms with E-state index in [1.54, 1.807) is 0 Å². The van der Waals surface area contributed by atoms with Crippen molar-refractivity contribution in [3.8, 4) is 22.9 Å². The maximum Gasteiger partial charge on any atom is 0.137 e. The molecule has 0 heterocycles. The van der Waals surface area contributed by atoms with Crippen molar-refractivity contribution in [2.75, 3.05) is 6.61 Å². The molecule has 1 fully saturated rings. The van der Waals surface area contributed by atoms with E-state index in [0.717, 1.165) is 23.5 Å². The highest BCUT2D eigenvalue weighted by Gasteiger charge is 2.15. The molecule has 0 saturated heterocycles. The largest absolute Gasteiger partial charge is 0.492 e. The highest BCUT2D eigenvalue weighted by Crippen LogP contribution is 2.34. The van der Waals surface area contributed by atoms with E-state index in [-0.39, 0.29) is 0 Å². The van der Waals surface area contributed by atoms with Gasteiger partial charge in [0.25, 0.3) is 0 Å². The Hall–Kier alpha value is -2.27. The predicted octanol–water partition coefficient (Wildman–Crippen LogP) is 6.06. The fourth-order valence-corrected chi connectivity index (χ4v) is 3.52. The van der Waals surface area contributed by atoms with E-state index < -0.39 is 0 Å². The normalized spacial score (nSPS) is 15.0. The average molecular weight is 319 g/mol. The van der Waals surface area contributed by atoms with Crippen molar-refractivity contribution in [3.05, 3.63) is 53.6 Å². The van der Waals surface area contributed by atoms with Crippen LogP contribution in [0.1, 0.15) is 62.5 Å². The van der Waals surface area contributed by atoms with Crippen molar-refractivity contribution in [1.29, 1.82) is 5.26 Å².